The Bertz CT molecular complexity index is 326. The van der Waals surface area contributed by atoms with Crippen LogP contribution >= 0.6 is 0 Å². The molecule has 0 spiro atoms. The normalized spacial score (nSPS) is 17.9. The third kappa shape index (κ3) is 1.69. The molecule has 2 N–H and O–H groups in total. The van der Waals surface area contributed by atoms with Crippen LogP contribution in [0.25, 0.3) is 0 Å². The fourth-order valence-electron chi connectivity index (χ4n) is 2.26. The molecule has 2 rings (SSSR count). The Labute approximate surface area is 85.3 Å². The van der Waals surface area contributed by atoms with Gasteiger partial charge in [-0.05, 0) is 33.1 Å². The predicted octanol–water partition coefficient (Wildman–Crippen LogP) is 1.42. The molecule has 1 aliphatic rings. The third-order valence-corrected chi connectivity index (χ3v) is 2.90. The van der Waals surface area contributed by atoms with Crippen molar-refractivity contribution >= 4 is 0 Å². The first-order valence-corrected chi connectivity index (χ1v) is 5.49. The van der Waals surface area contributed by atoms with E-state index >= 15 is 0 Å². The number of imidazole rings is 1. The maximum absolute atomic E-state index is 5.81. The fraction of sp³-hybridized carbons (Fsp3) is 0.727. The van der Waals surface area contributed by atoms with Gasteiger partial charge in [0.05, 0.1) is 5.69 Å². The number of fused-ring (bicyclic) bond motifs is 1. The summed E-state index contributed by atoms with van der Waals surface area (Å²) in [5, 5.41) is 0. The Balaban J connectivity index is 2.31. The molecular formula is C11H19N3. The Morgan fingerprint density at radius 1 is 1.50 bits per heavy atom. The first-order chi connectivity index (χ1) is 6.68. The van der Waals surface area contributed by atoms with Crippen LogP contribution in [0.4, 0.5) is 0 Å². The summed E-state index contributed by atoms with van der Waals surface area (Å²) < 4.78 is 2.38. The second-order valence-electron chi connectivity index (χ2n) is 4.35. The third-order valence-electron chi connectivity index (χ3n) is 2.90. The van der Waals surface area contributed by atoms with Crippen molar-refractivity contribution < 1.29 is 0 Å². The molecule has 0 saturated carbocycles. The van der Waals surface area contributed by atoms with Crippen LogP contribution in [-0.4, -0.2) is 15.6 Å². The minimum absolute atomic E-state index is 0.211. The van der Waals surface area contributed by atoms with Gasteiger partial charge in [0.25, 0.3) is 0 Å². The molecule has 2 heterocycles. The molecule has 0 bridgehead atoms. The number of hydrogen-bond donors (Lipinski definition) is 1. The molecular weight excluding hydrogens is 174 g/mol. The lowest BCUT2D eigenvalue weighted by atomic mass is 10.1. The first-order valence-electron chi connectivity index (χ1n) is 5.49. The monoisotopic (exact) mass is 193 g/mol. The lowest BCUT2D eigenvalue weighted by Gasteiger charge is -2.17. The van der Waals surface area contributed by atoms with Crippen LogP contribution in [0.1, 0.15) is 37.0 Å². The number of rotatable bonds is 2. The molecule has 1 aliphatic heterocycles. The number of nitrogens with two attached hydrogens (primary N) is 1. The van der Waals surface area contributed by atoms with Gasteiger partial charge < -0.3 is 10.3 Å². The molecule has 1 aromatic rings. The van der Waals surface area contributed by atoms with Crippen molar-refractivity contribution in [1.29, 1.82) is 0 Å². The molecule has 3 heteroatoms. The lowest BCUT2D eigenvalue weighted by molar-refractivity contribution is 0.505. The highest BCUT2D eigenvalue weighted by Crippen LogP contribution is 2.20. The van der Waals surface area contributed by atoms with E-state index in [1.807, 2.05) is 6.92 Å². The van der Waals surface area contributed by atoms with Crippen molar-refractivity contribution in [3.05, 3.63) is 17.2 Å². The average Bonchev–Trinajstić information content (AvgIpc) is 2.44. The number of aromatic nitrogens is 2. The molecule has 1 unspecified atom stereocenters. The Hall–Kier alpha value is -0.830. The Kier molecular flexibility index (Phi) is 2.59. The quantitative estimate of drug-likeness (QED) is 0.772. The van der Waals surface area contributed by atoms with Crippen LogP contribution in [0.5, 0.6) is 0 Å². The molecule has 78 valence electrons. The molecule has 0 amide bonds. The highest BCUT2D eigenvalue weighted by Gasteiger charge is 2.17. The van der Waals surface area contributed by atoms with Crippen LogP contribution < -0.4 is 5.73 Å². The van der Waals surface area contributed by atoms with Gasteiger partial charge in [-0.1, -0.05) is 0 Å². The van der Waals surface area contributed by atoms with Gasteiger partial charge in [0, 0.05) is 24.7 Å². The zero-order valence-corrected chi connectivity index (χ0v) is 9.08. The van der Waals surface area contributed by atoms with Crippen molar-refractivity contribution in [3.8, 4) is 0 Å². The zero-order chi connectivity index (χ0) is 10.1. The Morgan fingerprint density at radius 2 is 2.29 bits per heavy atom. The summed E-state index contributed by atoms with van der Waals surface area (Å²) in [5.74, 6) is 1.19. The molecule has 0 saturated heterocycles. The van der Waals surface area contributed by atoms with Gasteiger partial charge >= 0.3 is 0 Å². The molecule has 1 aromatic heterocycles. The first kappa shape index (κ1) is 9.71. The second-order valence-corrected chi connectivity index (χ2v) is 4.35. The van der Waals surface area contributed by atoms with E-state index in [1.165, 1.54) is 36.5 Å². The minimum atomic E-state index is 0.211. The summed E-state index contributed by atoms with van der Waals surface area (Å²) in [6, 6.07) is 0.211. The van der Waals surface area contributed by atoms with E-state index in [0.29, 0.717) is 0 Å². The predicted molar refractivity (Wildman–Crippen MR) is 57.3 cm³/mol. The summed E-state index contributed by atoms with van der Waals surface area (Å²) >= 11 is 0. The minimum Gasteiger partial charge on any atom is -0.332 e. The van der Waals surface area contributed by atoms with Crippen LogP contribution in [0.3, 0.4) is 0 Å². The van der Waals surface area contributed by atoms with Crippen LogP contribution in [-0.2, 0) is 19.4 Å². The van der Waals surface area contributed by atoms with E-state index in [2.05, 4.69) is 16.5 Å². The number of aryl methyl sites for hydroxylation is 1. The van der Waals surface area contributed by atoms with Gasteiger partial charge in [-0.15, -0.1) is 0 Å². The van der Waals surface area contributed by atoms with E-state index in [-0.39, 0.29) is 6.04 Å². The van der Waals surface area contributed by atoms with Crippen molar-refractivity contribution in [2.75, 3.05) is 0 Å². The maximum Gasteiger partial charge on any atom is 0.110 e. The van der Waals surface area contributed by atoms with E-state index in [9.17, 15) is 0 Å². The van der Waals surface area contributed by atoms with E-state index < -0.39 is 0 Å². The van der Waals surface area contributed by atoms with E-state index in [0.717, 1.165) is 13.0 Å². The molecule has 1 atom stereocenters. The number of hydrogen-bond acceptors (Lipinski definition) is 2. The van der Waals surface area contributed by atoms with E-state index in [1.54, 1.807) is 0 Å². The zero-order valence-electron chi connectivity index (χ0n) is 9.08. The number of nitrogens with zero attached hydrogens (tertiary/aromatic N) is 2. The van der Waals surface area contributed by atoms with Crippen molar-refractivity contribution in [2.45, 2.75) is 52.1 Å². The van der Waals surface area contributed by atoms with Crippen LogP contribution in [0, 0.1) is 6.92 Å². The van der Waals surface area contributed by atoms with Gasteiger partial charge in [0.15, 0.2) is 0 Å². The second kappa shape index (κ2) is 3.73. The smallest absolute Gasteiger partial charge is 0.110 e. The SMILES string of the molecule is Cc1nc(CC(C)N)n2c1CCCC2. The largest absolute Gasteiger partial charge is 0.332 e. The summed E-state index contributed by atoms with van der Waals surface area (Å²) in [7, 11) is 0. The molecule has 3 nitrogen and oxygen atoms in total. The fourth-order valence-corrected chi connectivity index (χ4v) is 2.26. The van der Waals surface area contributed by atoms with Gasteiger partial charge in [-0.3, -0.25) is 0 Å². The summed E-state index contributed by atoms with van der Waals surface area (Å²) in [4.78, 5) is 4.62. The van der Waals surface area contributed by atoms with Gasteiger partial charge in [-0.25, -0.2) is 4.98 Å². The van der Waals surface area contributed by atoms with Gasteiger partial charge in [0.1, 0.15) is 5.82 Å². The molecule has 0 aromatic carbocycles. The topological polar surface area (TPSA) is 43.8 Å². The highest BCUT2D eigenvalue weighted by molar-refractivity contribution is 5.18. The van der Waals surface area contributed by atoms with Crippen molar-refractivity contribution in [1.82, 2.24) is 9.55 Å². The van der Waals surface area contributed by atoms with Crippen molar-refractivity contribution in [2.24, 2.45) is 5.73 Å². The summed E-state index contributed by atoms with van der Waals surface area (Å²) in [6.07, 6.45) is 4.69. The summed E-state index contributed by atoms with van der Waals surface area (Å²) in [6.45, 7) is 5.29. The lowest BCUT2D eigenvalue weighted by Crippen LogP contribution is -2.22. The standard InChI is InChI=1S/C11H19N3/c1-8(12)7-11-13-9(2)10-5-3-4-6-14(10)11/h8H,3-7,12H2,1-2H3. The highest BCUT2D eigenvalue weighted by atomic mass is 15.1. The average molecular weight is 193 g/mol. The van der Waals surface area contributed by atoms with Gasteiger partial charge in [0.2, 0.25) is 0 Å². The summed E-state index contributed by atoms with van der Waals surface area (Å²) in [5.41, 5.74) is 8.46. The van der Waals surface area contributed by atoms with Crippen LogP contribution in [0.2, 0.25) is 0 Å². The van der Waals surface area contributed by atoms with Crippen molar-refractivity contribution in [3.63, 3.8) is 0 Å². The molecule has 0 radical (unpaired) electrons. The molecule has 14 heavy (non-hydrogen) atoms. The van der Waals surface area contributed by atoms with Gasteiger partial charge in [-0.2, -0.15) is 0 Å². The van der Waals surface area contributed by atoms with Crippen LogP contribution in [0.15, 0.2) is 0 Å². The Morgan fingerprint density at radius 3 is 3.00 bits per heavy atom. The molecule has 0 aliphatic carbocycles. The maximum atomic E-state index is 5.81. The van der Waals surface area contributed by atoms with E-state index in [4.69, 9.17) is 5.73 Å². The molecule has 0 fully saturated rings.